The number of aryl methyl sites for hydroxylation is 1. The molecule has 2 unspecified atom stereocenters. The Morgan fingerprint density at radius 1 is 1.35 bits per heavy atom. The van der Waals surface area contributed by atoms with E-state index in [4.69, 9.17) is 4.74 Å². The molecule has 0 amide bonds. The number of anilines is 1. The van der Waals surface area contributed by atoms with Crippen LogP contribution in [0.25, 0.3) is 0 Å². The molecule has 1 fully saturated rings. The molecule has 1 aliphatic carbocycles. The van der Waals surface area contributed by atoms with E-state index in [-0.39, 0.29) is 0 Å². The van der Waals surface area contributed by atoms with Gasteiger partial charge >= 0.3 is 0 Å². The number of nitrogens with one attached hydrogen (secondary N) is 1. The second kappa shape index (κ2) is 4.61. The van der Waals surface area contributed by atoms with Gasteiger partial charge in [0, 0.05) is 17.9 Å². The summed E-state index contributed by atoms with van der Waals surface area (Å²) in [6.07, 6.45) is 7.76. The number of aromatic nitrogens is 2. The van der Waals surface area contributed by atoms with Crippen LogP contribution in [0.3, 0.4) is 0 Å². The maximum atomic E-state index is 5.70. The van der Waals surface area contributed by atoms with Crippen LogP contribution < -0.4 is 5.32 Å². The third-order valence-electron chi connectivity index (χ3n) is 3.76. The van der Waals surface area contributed by atoms with Crippen LogP contribution in [-0.4, -0.2) is 28.7 Å². The van der Waals surface area contributed by atoms with Gasteiger partial charge < -0.3 is 10.1 Å². The van der Waals surface area contributed by atoms with Crippen LogP contribution in [0.15, 0.2) is 6.33 Å². The third kappa shape index (κ3) is 2.14. The van der Waals surface area contributed by atoms with Gasteiger partial charge in [-0.2, -0.15) is 0 Å². The van der Waals surface area contributed by atoms with Crippen LogP contribution >= 0.6 is 0 Å². The molecule has 0 spiro atoms. The summed E-state index contributed by atoms with van der Waals surface area (Å²) in [5, 5.41) is 3.51. The molecule has 3 rings (SSSR count). The van der Waals surface area contributed by atoms with Crippen molar-refractivity contribution < 1.29 is 4.74 Å². The zero-order chi connectivity index (χ0) is 11.7. The monoisotopic (exact) mass is 233 g/mol. The summed E-state index contributed by atoms with van der Waals surface area (Å²) < 4.78 is 5.70. The number of nitrogens with zero attached hydrogens (tertiary/aromatic N) is 2. The van der Waals surface area contributed by atoms with Crippen LogP contribution in [0, 0.1) is 0 Å². The highest BCUT2D eigenvalue weighted by Crippen LogP contribution is 2.26. The minimum Gasteiger partial charge on any atom is -0.376 e. The van der Waals surface area contributed by atoms with Gasteiger partial charge in [0.15, 0.2) is 0 Å². The molecule has 1 aromatic rings. The lowest BCUT2D eigenvalue weighted by Crippen LogP contribution is -2.30. The van der Waals surface area contributed by atoms with E-state index in [2.05, 4.69) is 22.2 Å². The average molecular weight is 233 g/mol. The molecule has 0 saturated carbocycles. The minimum absolute atomic E-state index is 0.331. The molecule has 1 N–H and O–H groups in total. The van der Waals surface area contributed by atoms with E-state index in [0.717, 1.165) is 31.7 Å². The highest BCUT2D eigenvalue weighted by Gasteiger charge is 2.24. The quantitative estimate of drug-likeness (QED) is 0.866. The molecule has 17 heavy (non-hydrogen) atoms. The number of hydrogen-bond donors (Lipinski definition) is 1. The highest BCUT2D eigenvalue weighted by molar-refractivity contribution is 5.48. The molecule has 2 heterocycles. The van der Waals surface area contributed by atoms with Crippen molar-refractivity contribution in [3.8, 4) is 0 Å². The van der Waals surface area contributed by atoms with Crippen LogP contribution in [0.2, 0.25) is 0 Å². The molecule has 0 bridgehead atoms. The maximum absolute atomic E-state index is 5.70. The molecule has 92 valence electrons. The van der Waals surface area contributed by atoms with Gasteiger partial charge in [0.1, 0.15) is 12.1 Å². The van der Waals surface area contributed by atoms with Crippen molar-refractivity contribution >= 4 is 5.82 Å². The molecule has 1 saturated heterocycles. The predicted octanol–water partition coefficient (Wildman–Crippen LogP) is 1.94. The summed E-state index contributed by atoms with van der Waals surface area (Å²) in [5.41, 5.74) is 2.54. The summed E-state index contributed by atoms with van der Waals surface area (Å²) in [5.74, 6) is 1.02. The summed E-state index contributed by atoms with van der Waals surface area (Å²) in [7, 11) is 0. The van der Waals surface area contributed by atoms with E-state index >= 15 is 0 Å². The number of rotatable bonds is 3. The lowest BCUT2D eigenvalue weighted by molar-refractivity contribution is 0.0995. The van der Waals surface area contributed by atoms with Gasteiger partial charge in [-0.15, -0.1) is 0 Å². The van der Waals surface area contributed by atoms with E-state index in [1.54, 1.807) is 6.33 Å². The summed E-state index contributed by atoms with van der Waals surface area (Å²) in [6, 6.07) is 0.331. The average Bonchev–Trinajstić information content (AvgIpc) is 3.00. The van der Waals surface area contributed by atoms with Gasteiger partial charge in [0.2, 0.25) is 0 Å². The first-order valence-corrected chi connectivity index (χ1v) is 6.55. The molecule has 4 nitrogen and oxygen atoms in total. The summed E-state index contributed by atoms with van der Waals surface area (Å²) in [6.45, 7) is 3.08. The summed E-state index contributed by atoms with van der Waals surface area (Å²) in [4.78, 5) is 8.73. The molecular formula is C13H19N3O. The summed E-state index contributed by atoms with van der Waals surface area (Å²) >= 11 is 0. The van der Waals surface area contributed by atoms with Gasteiger partial charge in [-0.25, -0.2) is 9.97 Å². The van der Waals surface area contributed by atoms with Crippen molar-refractivity contribution in [3.63, 3.8) is 0 Å². The lowest BCUT2D eigenvalue weighted by atomic mass is 10.1. The van der Waals surface area contributed by atoms with Gasteiger partial charge in [-0.05, 0) is 39.0 Å². The van der Waals surface area contributed by atoms with Crippen molar-refractivity contribution in [2.75, 3.05) is 11.9 Å². The highest BCUT2D eigenvalue weighted by atomic mass is 16.5. The maximum Gasteiger partial charge on any atom is 0.133 e. The second-order valence-corrected chi connectivity index (χ2v) is 4.99. The van der Waals surface area contributed by atoms with Gasteiger partial charge in [0.25, 0.3) is 0 Å². The zero-order valence-electron chi connectivity index (χ0n) is 10.3. The van der Waals surface area contributed by atoms with Crippen LogP contribution in [-0.2, 0) is 17.6 Å². The normalized spacial score (nSPS) is 24.6. The Balaban J connectivity index is 1.74. The van der Waals surface area contributed by atoms with Crippen LogP contribution in [0.1, 0.15) is 37.4 Å². The Kier molecular flexibility index (Phi) is 2.97. The SMILES string of the molecule is CC(Nc1ncnc2c1CCC2)C1CCCO1. The van der Waals surface area contributed by atoms with Gasteiger partial charge in [0.05, 0.1) is 12.1 Å². The van der Waals surface area contributed by atoms with Crippen LogP contribution in [0.5, 0.6) is 0 Å². The molecule has 0 radical (unpaired) electrons. The van der Waals surface area contributed by atoms with Crippen molar-refractivity contribution in [3.05, 3.63) is 17.6 Å². The van der Waals surface area contributed by atoms with Crippen molar-refractivity contribution in [1.29, 1.82) is 0 Å². The zero-order valence-corrected chi connectivity index (χ0v) is 10.3. The molecular weight excluding hydrogens is 214 g/mol. The van der Waals surface area contributed by atoms with Gasteiger partial charge in [-0.3, -0.25) is 0 Å². The third-order valence-corrected chi connectivity index (χ3v) is 3.76. The second-order valence-electron chi connectivity index (χ2n) is 4.99. The van der Waals surface area contributed by atoms with Crippen molar-refractivity contribution in [1.82, 2.24) is 9.97 Å². The van der Waals surface area contributed by atoms with Crippen molar-refractivity contribution in [2.24, 2.45) is 0 Å². The first-order chi connectivity index (χ1) is 8.34. The Hall–Kier alpha value is -1.16. The van der Waals surface area contributed by atoms with Crippen LogP contribution in [0.4, 0.5) is 5.82 Å². The largest absolute Gasteiger partial charge is 0.376 e. The minimum atomic E-state index is 0.331. The lowest BCUT2D eigenvalue weighted by Gasteiger charge is -2.21. The molecule has 2 aliphatic rings. The smallest absolute Gasteiger partial charge is 0.133 e. The van der Waals surface area contributed by atoms with E-state index < -0.39 is 0 Å². The Labute approximate surface area is 102 Å². The molecule has 1 aliphatic heterocycles. The van der Waals surface area contributed by atoms with E-state index in [0.29, 0.717) is 12.1 Å². The molecule has 0 aromatic carbocycles. The fraction of sp³-hybridized carbons (Fsp3) is 0.692. The van der Waals surface area contributed by atoms with Gasteiger partial charge in [-0.1, -0.05) is 0 Å². The molecule has 4 heteroatoms. The molecule has 1 aromatic heterocycles. The number of hydrogen-bond acceptors (Lipinski definition) is 4. The first kappa shape index (κ1) is 11.0. The van der Waals surface area contributed by atoms with E-state index in [9.17, 15) is 0 Å². The topological polar surface area (TPSA) is 47.0 Å². The Morgan fingerprint density at radius 3 is 3.12 bits per heavy atom. The predicted molar refractivity (Wildman–Crippen MR) is 66.1 cm³/mol. The Morgan fingerprint density at radius 2 is 2.29 bits per heavy atom. The fourth-order valence-electron chi connectivity index (χ4n) is 2.79. The standard InChI is InChI=1S/C13H19N3O/c1-9(12-6-3-7-17-12)16-13-10-4-2-5-11(10)14-8-15-13/h8-9,12H,2-7H2,1H3,(H,14,15,16). The van der Waals surface area contributed by atoms with E-state index in [1.807, 2.05) is 0 Å². The van der Waals surface area contributed by atoms with Crippen molar-refractivity contribution in [2.45, 2.75) is 51.2 Å². The number of ether oxygens (including phenoxy) is 1. The fourth-order valence-corrected chi connectivity index (χ4v) is 2.79. The first-order valence-electron chi connectivity index (χ1n) is 6.55. The van der Waals surface area contributed by atoms with E-state index in [1.165, 1.54) is 24.1 Å². The Bertz CT molecular complexity index is 402. The number of fused-ring (bicyclic) bond motifs is 1. The molecule has 2 atom stereocenters.